The van der Waals surface area contributed by atoms with Gasteiger partial charge in [0.1, 0.15) is 0 Å². The molecule has 0 fully saturated rings. The van der Waals surface area contributed by atoms with Crippen LogP contribution in [0.4, 0.5) is 0 Å². The predicted molar refractivity (Wildman–Crippen MR) is 124 cm³/mol. The molecular weight excluding hydrogens is 436 g/mol. The second-order valence-corrected chi connectivity index (χ2v) is 8.48. The highest BCUT2D eigenvalue weighted by Gasteiger charge is 2.06. The van der Waals surface area contributed by atoms with Crippen molar-refractivity contribution in [2.75, 3.05) is 47.9 Å². The molecular formula is C23H34O8S. The third-order valence-corrected chi connectivity index (χ3v) is 5.02. The molecule has 0 spiro atoms. The molecule has 0 saturated heterocycles. The van der Waals surface area contributed by atoms with Gasteiger partial charge in [0.25, 0.3) is 10.1 Å². The summed E-state index contributed by atoms with van der Waals surface area (Å²) in [6, 6.07) is 11.4. The lowest BCUT2D eigenvalue weighted by molar-refractivity contribution is 0.288. The molecule has 0 aliphatic heterocycles. The summed E-state index contributed by atoms with van der Waals surface area (Å²) in [4.78, 5) is 0. The summed E-state index contributed by atoms with van der Waals surface area (Å²) in [5.41, 5.74) is 2.20. The summed E-state index contributed by atoms with van der Waals surface area (Å²) in [5, 5.41) is 8.70. The van der Waals surface area contributed by atoms with Crippen LogP contribution in [0.1, 0.15) is 24.0 Å². The maximum Gasteiger partial charge on any atom is 0.264 e. The first-order valence-corrected chi connectivity index (χ1v) is 12.0. The van der Waals surface area contributed by atoms with Crippen LogP contribution in [0.2, 0.25) is 0 Å². The minimum Gasteiger partial charge on any atom is -0.493 e. The first-order chi connectivity index (χ1) is 15.3. The maximum atomic E-state index is 10.8. The van der Waals surface area contributed by atoms with Crippen molar-refractivity contribution in [1.82, 2.24) is 0 Å². The monoisotopic (exact) mass is 470 g/mol. The average Bonchev–Trinajstić information content (AvgIpc) is 2.79. The average molecular weight is 471 g/mol. The number of ether oxygens (including phenoxy) is 4. The normalized spacial score (nSPS) is 10.7. The molecule has 0 unspecified atom stereocenters. The summed E-state index contributed by atoms with van der Waals surface area (Å²) >= 11 is 0. The lowest BCUT2D eigenvalue weighted by Crippen LogP contribution is -2.05. The van der Waals surface area contributed by atoms with Crippen molar-refractivity contribution in [3.05, 3.63) is 47.5 Å². The standard InChI is InChI=1S/C12H18O5S.C11H16O3/c1-15-11-7-6-10(9-12(11)16-2)5-4-8-17-18(3,13)14;1-13-10-6-5-9(4-3-7-12)8-11(10)14-2/h6-7,9H,4-5,8H2,1-3H3;5-6,8,12H,3-4,7H2,1-2H3. The van der Waals surface area contributed by atoms with Crippen LogP contribution in [0.3, 0.4) is 0 Å². The molecule has 0 heterocycles. The van der Waals surface area contributed by atoms with E-state index in [0.29, 0.717) is 17.9 Å². The van der Waals surface area contributed by atoms with Crippen LogP contribution in [-0.2, 0) is 27.1 Å². The molecule has 0 bridgehead atoms. The van der Waals surface area contributed by atoms with Crippen molar-refractivity contribution >= 4 is 10.1 Å². The molecule has 0 aliphatic rings. The Bertz CT molecular complexity index is 912. The van der Waals surface area contributed by atoms with Crippen LogP contribution in [0.15, 0.2) is 36.4 Å². The SMILES string of the molecule is COc1ccc(CCCO)cc1OC.COc1ccc(CCCOS(C)(=O)=O)cc1OC. The Morgan fingerprint density at radius 3 is 1.53 bits per heavy atom. The van der Waals surface area contributed by atoms with Crippen LogP contribution in [0, 0.1) is 0 Å². The van der Waals surface area contributed by atoms with E-state index in [4.69, 9.17) is 24.1 Å². The Labute approximate surface area is 191 Å². The second-order valence-electron chi connectivity index (χ2n) is 6.84. The van der Waals surface area contributed by atoms with Gasteiger partial charge in [0.05, 0.1) is 41.3 Å². The van der Waals surface area contributed by atoms with Crippen LogP contribution in [-0.4, -0.2) is 61.4 Å². The van der Waals surface area contributed by atoms with Crippen molar-refractivity contribution < 1.29 is 36.7 Å². The molecule has 0 amide bonds. The van der Waals surface area contributed by atoms with Gasteiger partial charge < -0.3 is 24.1 Å². The first kappa shape index (κ1) is 27.5. The van der Waals surface area contributed by atoms with E-state index in [1.807, 2.05) is 36.4 Å². The van der Waals surface area contributed by atoms with Crippen LogP contribution < -0.4 is 18.9 Å². The van der Waals surface area contributed by atoms with E-state index in [-0.39, 0.29) is 13.2 Å². The van der Waals surface area contributed by atoms with Crippen molar-refractivity contribution in [1.29, 1.82) is 0 Å². The third-order valence-electron chi connectivity index (χ3n) is 4.43. The van der Waals surface area contributed by atoms with Crippen molar-refractivity contribution in [3.8, 4) is 23.0 Å². The van der Waals surface area contributed by atoms with Crippen LogP contribution in [0.5, 0.6) is 23.0 Å². The lowest BCUT2D eigenvalue weighted by Gasteiger charge is -2.09. The van der Waals surface area contributed by atoms with E-state index < -0.39 is 10.1 Å². The van der Waals surface area contributed by atoms with Crippen molar-refractivity contribution in [3.63, 3.8) is 0 Å². The van der Waals surface area contributed by atoms with E-state index in [1.165, 1.54) is 0 Å². The fourth-order valence-electron chi connectivity index (χ4n) is 2.84. The van der Waals surface area contributed by atoms with Crippen LogP contribution >= 0.6 is 0 Å². The van der Waals surface area contributed by atoms with E-state index >= 15 is 0 Å². The number of aliphatic hydroxyl groups excluding tert-OH is 1. The van der Waals surface area contributed by atoms with Crippen LogP contribution in [0.25, 0.3) is 0 Å². The third kappa shape index (κ3) is 10.2. The van der Waals surface area contributed by atoms with Gasteiger partial charge >= 0.3 is 0 Å². The summed E-state index contributed by atoms with van der Waals surface area (Å²) in [6.45, 7) is 0.404. The minimum absolute atomic E-state index is 0.188. The van der Waals surface area contributed by atoms with Gasteiger partial charge in [-0.05, 0) is 61.1 Å². The predicted octanol–water partition coefficient (Wildman–Crippen LogP) is 3.24. The number of methoxy groups -OCH3 is 4. The van der Waals surface area contributed by atoms with Gasteiger partial charge in [-0.15, -0.1) is 0 Å². The maximum absolute atomic E-state index is 10.8. The molecule has 2 rings (SSSR count). The van der Waals surface area contributed by atoms with Gasteiger partial charge in [0, 0.05) is 6.61 Å². The quantitative estimate of drug-likeness (QED) is 0.373. The van der Waals surface area contributed by atoms with Gasteiger partial charge in [0.15, 0.2) is 23.0 Å². The molecule has 0 atom stereocenters. The highest BCUT2D eigenvalue weighted by Crippen LogP contribution is 2.28. The topological polar surface area (TPSA) is 101 Å². The van der Waals surface area contributed by atoms with E-state index in [9.17, 15) is 8.42 Å². The molecule has 1 N–H and O–H groups in total. The summed E-state index contributed by atoms with van der Waals surface area (Å²) in [5.74, 6) is 2.82. The molecule has 32 heavy (non-hydrogen) atoms. The number of aliphatic hydroxyl groups is 1. The van der Waals surface area contributed by atoms with Gasteiger partial charge in [0.2, 0.25) is 0 Å². The smallest absolute Gasteiger partial charge is 0.264 e. The van der Waals surface area contributed by atoms with Crippen molar-refractivity contribution in [2.45, 2.75) is 25.7 Å². The summed E-state index contributed by atoms with van der Waals surface area (Å²) < 4.78 is 46.8. The summed E-state index contributed by atoms with van der Waals surface area (Å²) in [6.07, 6.45) is 4.02. The number of rotatable bonds is 12. The van der Waals surface area contributed by atoms with Gasteiger partial charge in [-0.3, -0.25) is 4.18 Å². The lowest BCUT2D eigenvalue weighted by atomic mass is 10.1. The van der Waals surface area contributed by atoms with Gasteiger partial charge in [-0.1, -0.05) is 12.1 Å². The van der Waals surface area contributed by atoms with Gasteiger partial charge in [-0.2, -0.15) is 8.42 Å². The van der Waals surface area contributed by atoms with E-state index in [1.54, 1.807) is 28.4 Å². The molecule has 0 saturated carbocycles. The fourth-order valence-corrected chi connectivity index (χ4v) is 3.26. The molecule has 9 heteroatoms. The number of aryl methyl sites for hydroxylation is 2. The fraction of sp³-hybridized carbons (Fsp3) is 0.478. The number of benzene rings is 2. The Kier molecular flexibility index (Phi) is 12.5. The Morgan fingerprint density at radius 2 is 1.16 bits per heavy atom. The molecule has 0 aliphatic carbocycles. The van der Waals surface area contributed by atoms with E-state index in [2.05, 4.69) is 4.18 Å². The molecule has 180 valence electrons. The Balaban J connectivity index is 0.000000330. The van der Waals surface area contributed by atoms with E-state index in [0.717, 1.165) is 48.1 Å². The second kappa shape index (κ2) is 14.5. The molecule has 2 aromatic rings. The molecule has 0 radical (unpaired) electrons. The largest absolute Gasteiger partial charge is 0.493 e. The zero-order valence-corrected chi connectivity index (χ0v) is 20.2. The molecule has 2 aromatic carbocycles. The number of hydrogen-bond donors (Lipinski definition) is 1. The first-order valence-electron chi connectivity index (χ1n) is 10.1. The van der Waals surface area contributed by atoms with Gasteiger partial charge in [-0.25, -0.2) is 0 Å². The Morgan fingerprint density at radius 1 is 0.719 bits per heavy atom. The zero-order valence-electron chi connectivity index (χ0n) is 19.4. The summed E-state index contributed by atoms with van der Waals surface area (Å²) in [7, 11) is 3.05. The highest BCUT2D eigenvalue weighted by molar-refractivity contribution is 7.85. The Hall–Kier alpha value is -2.49. The number of hydrogen-bond acceptors (Lipinski definition) is 8. The molecule has 8 nitrogen and oxygen atoms in total. The zero-order chi connectivity index (χ0) is 24.0. The van der Waals surface area contributed by atoms with Crippen molar-refractivity contribution in [2.24, 2.45) is 0 Å². The minimum atomic E-state index is -3.35. The molecule has 0 aromatic heterocycles. The highest BCUT2D eigenvalue weighted by atomic mass is 32.2.